The van der Waals surface area contributed by atoms with Crippen LogP contribution in [0.4, 0.5) is 25.4 Å². The molecule has 1 atom stereocenters. The minimum absolute atomic E-state index is 0.134. The first-order valence-corrected chi connectivity index (χ1v) is 11.9. The predicted octanol–water partition coefficient (Wildman–Crippen LogP) is 3.62. The van der Waals surface area contributed by atoms with Gasteiger partial charge in [0, 0.05) is 37.6 Å². The van der Waals surface area contributed by atoms with E-state index in [1.54, 1.807) is 6.07 Å². The first-order chi connectivity index (χ1) is 17.8. The third-order valence-corrected chi connectivity index (χ3v) is 5.99. The van der Waals surface area contributed by atoms with E-state index in [4.69, 9.17) is 5.73 Å². The number of amides is 5. The average molecular weight is 505 g/mol. The number of nitrogens with one attached hydrogen (secondary N) is 3. The number of nitrogens with two attached hydrogens (primary N) is 1. The number of hydrogen-bond donors (Lipinski definition) is 4. The number of halogens is 1. The summed E-state index contributed by atoms with van der Waals surface area (Å²) in [6.07, 6.45) is -1.19. The van der Waals surface area contributed by atoms with Crippen LogP contribution in [0.5, 0.6) is 0 Å². The first-order valence-electron chi connectivity index (χ1n) is 11.9. The Kier molecular flexibility index (Phi) is 7.99. The summed E-state index contributed by atoms with van der Waals surface area (Å²) in [4.78, 5) is 42.3. The Balaban J connectivity index is 1.52. The van der Waals surface area contributed by atoms with Gasteiger partial charge in [-0.15, -0.1) is 0 Å². The Morgan fingerprint density at radius 3 is 2.14 bits per heavy atom. The van der Waals surface area contributed by atoms with Crippen molar-refractivity contribution in [1.29, 1.82) is 0 Å². The highest BCUT2D eigenvalue weighted by molar-refractivity contribution is 5.98. The zero-order valence-electron chi connectivity index (χ0n) is 20.4. The van der Waals surface area contributed by atoms with Gasteiger partial charge in [-0.25, -0.2) is 14.0 Å². The van der Waals surface area contributed by atoms with Crippen molar-refractivity contribution in [1.82, 2.24) is 15.1 Å². The fraction of sp³-hybridized carbons (Fsp3) is 0.222. The zero-order chi connectivity index (χ0) is 26.4. The lowest BCUT2D eigenvalue weighted by Gasteiger charge is -2.29. The summed E-state index contributed by atoms with van der Waals surface area (Å²) in [5, 5.41) is 8.31. The molecule has 5 N–H and O–H groups in total. The maximum atomic E-state index is 13.4. The molecule has 10 heteroatoms. The summed E-state index contributed by atoms with van der Waals surface area (Å²) in [6, 6.07) is 19.0. The predicted molar refractivity (Wildman–Crippen MR) is 139 cm³/mol. The maximum Gasteiger partial charge on any atom is 0.323 e. The lowest BCUT2D eigenvalue weighted by molar-refractivity contribution is -0.127. The minimum atomic E-state index is -1.19. The van der Waals surface area contributed by atoms with Gasteiger partial charge in [0.05, 0.1) is 0 Å². The van der Waals surface area contributed by atoms with Crippen molar-refractivity contribution in [2.75, 3.05) is 23.7 Å². The fourth-order valence-electron chi connectivity index (χ4n) is 4.13. The summed E-state index contributed by atoms with van der Waals surface area (Å²) in [6.45, 7) is 2.76. The second-order valence-corrected chi connectivity index (χ2v) is 8.74. The number of anilines is 2. The molecule has 3 aromatic carbocycles. The highest BCUT2D eigenvalue weighted by atomic mass is 19.1. The summed E-state index contributed by atoms with van der Waals surface area (Å²) >= 11 is 0. The molecule has 37 heavy (non-hydrogen) atoms. The Bertz CT molecular complexity index is 1280. The van der Waals surface area contributed by atoms with Crippen LogP contribution in [0, 0.1) is 12.7 Å². The molecule has 1 aliphatic heterocycles. The number of carbonyl (C=O) groups excluding carboxylic acids is 3. The van der Waals surface area contributed by atoms with Gasteiger partial charge in [-0.2, -0.15) is 0 Å². The Labute approximate surface area is 214 Å². The molecule has 1 aliphatic rings. The lowest BCUT2D eigenvalue weighted by Crippen LogP contribution is -2.55. The highest BCUT2D eigenvalue weighted by Crippen LogP contribution is 2.20. The average Bonchev–Trinajstić information content (AvgIpc) is 3.34. The van der Waals surface area contributed by atoms with Crippen LogP contribution in [0.15, 0.2) is 72.8 Å². The summed E-state index contributed by atoms with van der Waals surface area (Å²) in [5.74, 6) is -0.946. The topological polar surface area (TPSA) is 120 Å². The van der Waals surface area contributed by atoms with E-state index >= 15 is 0 Å². The van der Waals surface area contributed by atoms with Gasteiger partial charge in [0.2, 0.25) is 0 Å². The molecule has 0 radical (unpaired) electrons. The molecule has 5 amide bonds. The first kappa shape index (κ1) is 25.6. The van der Waals surface area contributed by atoms with Crippen LogP contribution in [0.1, 0.15) is 16.7 Å². The lowest BCUT2D eigenvalue weighted by atomic mass is 10.1. The van der Waals surface area contributed by atoms with Crippen molar-refractivity contribution in [3.63, 3.8) is 0 Å². The number of nitrogens with zero attached hydrogens (tertiary/aromatic N) is 2. The summed E-state index contributed by atoms with van der Waals surface area (Å²) in [5.41, 5.74) is 9.39. The van der Waals surface area contributed by atoms with Gasteiger partial charge in [0.15, 0.2) is 6.17 Å². The molecule has 4 rings (SSSR count). The van der Waals surface area contributed by atoms with Crippen molar-refractivity contribution in [2.45, 2.75) is 26.2 Å². The largest absolute Gasteiger partial charge is 0.349 e. The van der Waals surface area contributed by atoms with E-state index in [-0.39, 0.29) is 19.6 Å². The minimum Gasteiger partial charge on any atom is -0.349 e. The third kappa shape index (κ3) is 6.42. The molecular formula is C27H29FN6O3. The molecule has 0 saturated carbocycles. The van der Waals surface area contributed by atoms with Crippen LogP contribution in [0.25, 0.3) is 0 Å². The normalized spacial score (nSPS) is 14.8. The Morgan fingerprint density at radius 1 is 0.865 bits per heavy atom. The van der Waals surface area contributed by atoms with E-state index < -0.39 is 30.0 Å². The van der Waals surface area contributed by atoms with Crippen molar-refractivity contribution in [3.8, 4) is 0 Å². The SMILES string of the molecule is Cc1cccc(NC(=O)N2CCN(C(=O)Nc3ccc(F)cc3)C2C(=O)NCc2cccc(CN)c2)c1. The van der Waals surface area contributed by atoms with Crippen molar-refractivity contribution in [2.24, 2.45) is 5.73 Å². The smallest absolute Gasteiger partial charge is 0.323 e. The molecule has 1 heterocycles. The van der Waals surface area contributed by atoms with Crippen molar-refractivity contribution in [3.05, 3.63) is 95.3 Å². The van der Waals surface area contributed by atoms with Gasteiger partial charge in [0.1, 0.15) is 5.82 Å². The van der Waals surface area contributed by atoms with Gasteiger partial charge in [-0.3, -0.25) is 14.6 Å². The molecule has 1 unspecified atom stereocenters. The van der Waals surface area contributed by atoms with E-state index in [0.29, 0.717) is 17.9 Å². The Hall–Kier alpha value is -4.44. The van der Waals surface area contributed by atoms with Crippen LogP contribution in [0.3, 0.4) is 0 Å². The van der Waals surface area contributed by atoms with Crippen LogP contribution in [0.2, 0.25) is 0 Å². The molecule has 3 aromatic rings. The second-order valence-electron chi connectivity index (χ2n) is 8.74. The maximum absolute atomic E-state index is 13.4. The Morgan fingerprint density at radius 2 is 1.49 bits per heavy atom. The zero-order valence-corrected chi connectivity index (χ0v) is 20.4. The van der Waals surface area contributed by atoms with E-state index in [1.165, 1.54) is 34.1 Å². The number of rotatable bonds is 6. The number of urea groups is 2. The molecule has 1 saturated heterocycles. The van der Waals surface area contributed by atoms with E-state index in [0.717, 1.165) is 16.7 Å². The monoisotopic (exact) mass is 504 g/mol. The number of carbonyl (C=O) groups is 3. The van der Waals surface area contributed by atoms with Gasteiger partial charge in [-0.1, -0.05) is 36.4 Å². The van der Waals surface area contributed by atoms with Gasteiger partial charge < -0.3 is 21.7 Å². The quantitative estimate of drug-likeness (QED) is 0.410. The van der Waals surface area contributed by atoms with Crippen LogP contribution >= 0.6 is 0 Å². The van der Waals surface area contributed by atoms with E-state index in [1.807, 2.05) is 49.4 Å². The van der Waals surface area contributed by atoms with Gasteiger partial charge in [-0.05, 0) is 60.0 Å². The van der Waals surface area contributed by atoms with Gasteiger partial charge >= 0.3 is 12.1 Å². The van der Waals surface area contributed by atoms with E-state index in [2.05, 4.69) is 16.0 Å². The molecule has 192 valence electrons. The molecule has 1 fully saturated rings. The van der Waals surface area contributed by atoms with Crippen LogP contribution in [-0.4, -0.2) is 47.0 Å². The number of aryl methyl sites for hydroxylation is 1. The molecule has 9 nitrogen and oxygen atoms in total. The molecular weight excluding hydrogens is 475 g/mol. The fourth-order valence-corrected chi connectivity index (χ4v) is 4.13. The third-order valence-electron chi connectivity index (χ3n) is 5.99. The van der Waals surface area contributed by atoms with E-state index in [9.17, 15) is 18.8 Å². The van der Waals surface area contributed by atoms with Crippen LogP contribution < -0.4 is 21.7 Å². The summed E-state index contributed by atoms with van der Waals surface area (Å²) < 4.78 is 13.3. The standard InChI is InChI=1S/C27H29FN6O3/c1-18-4-2-7-23(14-18)32-27(37)34-13-12-33(26(36)31-22-10-8-21(28)9-11-22)25(34)24(35)30-17-20-6-3-5-19(15-20)16-29/h2-11,14-15,25H,12-13,16-17,29H2,1H3,(H,30,35)(H,31,36)(H,32,37). The van der Waals surface area contributed by atoms with Crippen LogP contribution in [-0.2, 0) is 17.9 Å². The second kappa shape index (κ2) is 11.5. The highest BCUT2D eigenvalue weighted by Gasteiger charge is 2.42. The molecule has 0 spiro atoms. The summed E-state index contributed by atoms with van der Waals surface area (Å²) in [7, 11) is 0. The molecule has 0 bridgehead atoms. The number of benzene rings is 3. The van der Waals surface area contributed by atoms with Crippen molar-refractivity contribution >= 4 is 29.3 Å². The van der Waals surface area contributed by atoms with Crippen molar-refractivity contribution < 1.29 is 18.8 Å². The molecule has 0 aromatic heterocycles. The molecule has 0 aliphatic carbocycles. The number of hydrogen-bond acceptors (Lipinski definition) is 4. The van der Waals surface area contributed by atoms with Gasteiger partial charge in [0.25, 0.3) is 5.91 Å².